The summed E-state index contributed by atoms with van der Waals surface area (Å²) in [5, 5.41) is 2.11. The molecule has 6 saturated heterocycles. The van der Waals surface area contributed by atoms with E-state index in [1.54, 1.807) is 0 Å². The molecule has 7 aliphatic rings. The maximum absolute atomic E-state index is 7.89. The van der Waals surface area contributed by atoms with Gasteiger partial charge in [0, 0.05) is 120 Å². The molecule has 6 aliphatic heterocycles. The number of anilines is 3. The van der Waals surface area contributed by atoms with Crippen molar-refractivity contribution in [2.45, 2.75) is 166 Å². The van der Waals surface area contributed by atoms with Gasteiger partial charge in [-0.25, -0.2) is 15.0 Å². The number of nitrogens with zero attached hydrogens (tertiary/aromatic N) is 18. The first-order valence-corrected chi connectivity index (χ1v) is 38.2. The topological polar surface area (TPSA) is 120 Å². The van der Waals surface area contributed by atoms with Gasteiger partial charge in [0.2, 0.25) is 0 Å². The van der Waals surface area contributed by atoms with Crippen LogP contribution in [0.4, 0.5) is 17.5 Å². The molecule has 0 radical (unpaired) electrons. The van der Waals surface area contributed by atoms with Crippen LogP contribution in [0, 0.1) is 13.8 Å². The zero-order chi connectivity index (χ0) is 68.2. The van der Waals surface area contributed by atoms with Crippen LogP contribution in [0.5, 0.6) is 0 Å². The Hall–Kier alpha value is -6.45. The van der Waals surface area contributed by atoms with E-state index < -0.39 is 0 Å². The van der Waals surface area contributed by atoms with Crippen molar-refractivity contribution in [3.8, 4) is 22.3 Å². The van der Waals surface area contributed by atoms with Gasteiger partial charge in [0.05, 0.1) is 70.4 Å². The van der Waals surface area contributed by atoms with Crippen LogP contribution in [-0.2, 0) is 0 Å². The lowest BCUT2D eigenvalue weighted by atomic mass is 9.87. The summed E-state index contributed by atoms with van der Waals surface area (Å²) in [6, 6.07) is 26.2. The lowest BCUT2D eigenvalue weighted by molar-refractivity contribution is 0.109. The number of pyridine rings is 6. The first-order chi connectivity index (χ1) is 48.0. The molecule has 21 heteroatoms. The summed E-state index contributed by atoms with van der Waals surface area (Å²) < 4.78 is 6.65. The summed E-state index contributed by atoms with van der Waals surface area (Å²) >= 11 is 23.1. The number of piperazine rings is 3. The van der Waals surface area contributed by atoms with Crippen molar-refractivity contribution in [1.82, 2.24) is 72.5 Å². The molecule has 9 aromatic rings. The molecule has 15 heterocycles. The normalized spacial score (nSPS) is 24.1. The van der Waals surface area contributed by atoms with Crippen LogP contribution in [0.3, 0.4) is 0 Å². The molecule has 522 valence electrons. The second-order valence-electron chi connectivity index (χ2n) is 30.6. The third-order valence-corrected chi connectivity index (χ3v) is 25.0. The van der Waals surface area contributed by atoms with E-state index in [1.807, 2.05) is 12.3 Å². The molecule has 1 aliphatic carbocycles. The summed E-state index contributed by atoms with van der Waals surface area (Å²) in [5.41, 5.74) is 16.8. The fourth-order valence-corrected chi connectivity index (χ4v) is 19.0. The summed E-state index contributed by atoms with van der Waals surface area (Å²) in [4.78, 5) is 55.0. The van der Waals surface area contributed by atoms with Crippen molar-refractivity contribution in [2.75, 3.05) is 121 Å². The predicted octanol–water partition coefficient (Wildman–Crippen LogP) is 15.1. The second kappa shape index (κ2) is 27.4. The maximum atomic E-state index is 7.89. The Balaban J connectivity index is 0.699. The number of piperidine rings is 3. The number of fused-ring (bicyclic) bond motifs is 3. The van der Waals surface area contributed by atoms with Gasteiger partial charge in [0.15, 0.2) is 0 Å². The van der Waals surface area contributed by atoms with E-state index in [0.717, 1.165) is 233 Å². The first kappa shape index (κ1) is 67.1. The highest BCUT2D eigenvalue weighted by Gasteiger charge is 2.41. The molecular formula is C78H99Cl3N18. The molecular weight excluding hydrogens is 1300 g/mol. The van der Waals surface area contributed by atoms with Gasteiger partial charge in [-0.05, 0) is 215 Å². The predicted molar refractivity (Wildman–Crippen MR) is 402 cm³/mol. The molecule has 0 unspecified atom stereocenters. The smallest absolute Gasteiger partial charge is 0.140 e. The van der Waals surface area contributed by atoms with Gasteiger partial charge in [-0.15, -0.1) is 0 Å². The van der Waals surface area contributed by atoms with Crippen LogP contribution >= 0.6 is 34.8 Å². The molecule has 1 saturated carbocycles. The maximum Gasteiger partial charge on any atom is 0.140 e. The van der Waals surface area contributed by atoms with Gasteiger partial charge in [0.1, 0.15) is 49.9 Å². The standard InChI is InChI=1S/C78H99Cl3N18/c1-48(2)57-41-55(47-84-72(57)60-19-13-22-61(91(60)10)73-76(79)97-64(85-73)23-14-24-67(97)94-30-28-88(7)29-31-94)53-43-66-87-75(78(81)99(66)69(45-53)95-36-32-92(33-37-95)49(3)4)63-21-12-18-59(90(63)9)71-51(6)40-54(46-83-71)52-42-65-86-74(62-20-11-17-58(89(62)8)70-50(5)16-15-27-82-70)77(80)98(65)68(44-52)96-38-34-93(35-39-96)56-25-26-56/h14-16,23-24,27,40-49,56,58-63H,11-13,17-22,25-26,28-39H2,1-10H3/t58-,59-,60-,61+,62+,63+/m0/s1. The number of likely N-dealkylation sites (tertiary alicyclic amines) is 3. The highest BCUT2D eigenvalue weighted by molar-refractivity contribution is 6.31. The number of rotatable bonds is 14. The average Bonchev–Trinajstić information content (AvgIpc) is 1.64. The molecule has 16 rings (SSSR count). The van der Waals surface area contributed by atoms with Gasteiger partial charge in [-0.3, -0.25) is 52.7 Å². The van der Waals surface area contributed by atoms with E-state index in [9.17, 15) is 0 Å². The number of likely N-dealkylation sites (N-methyl/N-ethyl adjacent to an activating group) is 1. The fraction of sp³-hybridized carbons (Fsp3) is 0.538. The minimum Gasteiger partial charge on any atom is -0.355 e. The van der Waals surface area contributed by atoms with E-state index >= 15 is 0 Å². The highest BCUT2D eigenvalue weighted by atomic mass is 35.5. The molecule has 0 N–H and O–H groups in total. The Morgan fingerprint density at radius 3 is 1.34 bits per heavy atom. The summed E-state index contributed by atoms with van der Waals surface area (Å²) in [6.07, 6.45) is 17.9. The number of halogens is 3. The summed E-state index contributed by atoms with van der Waals surface area (Å²) in [7, 11) is 8.95. The molecule has 0 amide bonds. The third kappa shape index (κ3) is 12.4. The minimum absolute atomic E-state index is 0.0263. The number of hydrogen-bond acceptors (Lipinski definition) is 15. The van der Waals surface area contributed by atoms with Crippen LogP contribution in [-0.4, -0.2) is 191 Å². The lowest BCUT2D eigenvalue weighted by Crippen LogP contribution is -2.49. The molecule has 7 fully saturated rings. The fourth-order valence-electron chi connectivity index (χ4n) is 18.0. The van der Waals surface area contributed by atoms with Crippen molar-refractivity contribution in [3.05, 3.63) is 152 Å². The monoisotopic (exact) mass is 1390 g/mol. The summed E-state index contributed by atoms with van der Waals surface area (Å²) in [5.74, 6) is 3.52. The van der Waals surface area contributed by atoms with Crippen molar-refractivity contribution >= 4 is 69.2 Å². The number of imidazole rings is 3. The van der Waals surface area contributed by atoms with Gasteiger partial charge in [-0.1, -0.05) is 60.8 Å². The average molecular weight is 1400 g/mol. The van der Waals surface area contributed by atoms with Crippen LogP contribution in [0.25, 0.3) is 39.2 Å². The van der Waals surface area contributed by atoms with Gasteiger partial charge < -0.3 is 19.6 Å². The van der Waals surface area contributed by atoms with Crippen LogP contribution in [0.15, 0.2) is 85.3 Å². The van der Waals surface area contributed by atoms with Crippen molar-refractivity contribution in [1.29, 1.82) is 0 Å². The largest absolute Gasteiger partial charge is 0.355 e. The Labute approximate surface area is 599 Å². The molecule has 99 heavy (non-hydrogen) atoms. The molecule has 9 aromatic heterocycles. The Bertz CT molecular complexity index is 4450. The van der Waals surface area contributed by atoms with E-state index in [-0.39, 0.29) is 42.2 Å². The quantitative estimate of drug-likeness (QED) is 0.103. The summed E-state index contributed by atoms with van der Waals surface area (Å²) in [6.45, 7) is 25.3. The lowest BCUT2D eigenvalue weighted by Gasteiger charge is -2.40. The number of aryl methyl sites for hydroxylation is 2. The van der Waals surface area contributed by atoms with E-state index in [1.165, 1.54) is 29.5 Å². The van der Waals surface area contributed by atoms with Crippen molar-refractivity contribution in [2.24, 2.45) is 0 Å². The van der Waals surface area contributed by atoms with Crippen LogP contribution in [0.2, 0.25) is 15.5 Å². The van der Waals surface area contributed by atoms with Crippen LogP contribution in [0.1, 0.15) is 191 Å². The van der Waals surface area contributed by atoms with E-state index in [0.29, 0.717) is 21.5 Å². The number of aromatic nitrogens is 9. The van der Waals surface area contributed by atoms with Crippen molar-refractivity contribution < 1.29 is 0 Å². The number of hydrogen-bond donors (Lipinski definition) is 0. The Morgan fingerprint density at radius 1 is 0.404 bits per heavy atom. The van der Waals surface area contributed by atoms with Crippen LogP contribution < -0.4 is 14.7 Å². The molecule has 18 nitrogen and oxygen atoms in total. The van der Waals surface area contributed by atoms with E-state index in [4.69, 9.17) is 64.7 Å². The van der Waals surface area contributed by atoms with Crippen molar-refractivity contribution in [3.63, 3.8) is 0 Å². The second-order valence-corrected chi connectivity index (χ2v) is 31.6. The highest BCUT2D eigenvalue weighted by Crippen LogP contribution is 2.49. The minimum atomic E-state index is -0.0263. The Morgan fingerprint density at radius 2 is 0.848 bits per heavy atom. The zero-order valence-electron chi connectivity index (χ0n) is 59.7. The van der Waals surface area contributed by atoms with E-state index in [2.05, 4.69) is 200 Å². The van der Waals surface area contributed by atoms with Gasteiger partial charge in [-0.2, -0.15) is 0 Å². The Kier molecular flexibility index (Phi) is 18.6. The molecule has 0 aromatic carbocycles. The zero-order valence-corrected chi connectivity index (χ0v) is 62.0. The molecule has 0 bridgehead atoms. The SMILES string of the molecule is Cc1cc(-c2cc(N3CCN(C4CC4)CC3)n3c(Cl)c([C@H]4CCC[C@@H](c5ncccc5C)N4C)nc3c2)cnc1[C@@H]1CCC[C@H](c2nc3cc(-c4cnc([C@@H]5CCC[C@H](c6nc7cccc(N8CCN(C)CC8)n7c6Cl)N5C)c(C(C)C)c4)cc(N4CCN(C(C)C)CC4)n3c2Cl)N1C. The molecule has 6 atom stereocenters. The van der Waals surface area contributed by atoms with Gasteiger partial charge >= 0.3 is 0 Å². The first-order valence-electron chi connectivity index (χ1n) is 37.0. The molecule has 0 spiro atoms. The van der Waals surface area contributed by atoms with Gasteiger partial charge in [0.25, 0.3) is 0 Å². The third-order valence-electron chi connectivity index (χ3n) is 23.9.